The van der Waals surface area contributed by atoms with Gasteiger partial charge in [0.25, 0.3) is 0 Å². The lowest BCUT2D eigenvalue weighted by molar-refractivity contribution is -0.0963. The van der Waals surface area contributed by atoms with Crippen LogP contribution < -0.4 is 5.73 Å². The lowest BCUT2D eigenvalue weighted by Gasteiger charge is -2.45. The number of aromatic amines is 1. The zero-order valence-corrected chi connectivity index (χ0v) is 12.0. The van der Waals surface area contributed by atoms with Crippen molar-refractivity contribution in [2.24, 2.45) is 5.73 Å². The van der Waals surface area contributed by atoms with Crippen LogP contribution in [0, 0.1) is 0 Å². The third-order valence-corrected chi connectivity index (χ3v) is 5.20. The van der Waals surface area contributed by atoms with Crippen molar-refractivity contribution < 1.29 is 4.74 Å². The molecule has 2 aliphatic rings. The molecule has 3 N–H and O–H groups in total. The molecule has 1 aromatic heterocycles. The highest BCUT2D eigenvalue weighted by Crippen LogP contribution is 2.47. The molecule has 20 heavy (non-hydrogen) atoms. The molecule has 0 unspecified atom stereocenters. The van der Waals surface area contributed by atoms with Crippen molar-refractivity contribution in [2.75, 3.05) is 6.61 Å². The van der Waals surface area contributed by atoms with Crippen LogP contribution in [0.3, 0.4) is 0 Å². The summed E-state index contributed by atoms with van der Waals surface area (Å²) in [5.74, 6) is 0. The molecule has 1 fully saturated rings. The van der Waals surface area contributed by atoms with E-state index in [0.717, 1.165) is 38.7 Å². The molecule has 0 radical (unpaired) electrons. The van der Waals surface area contributed by atoms with Gasteiger partial charge in [-0.25, -0.2) is 0 Å². The lowest BCUT2D eigenvalue weighted by Crippen LogP contribution is -2.48. The summed E-state index contributed by atoms with van der Waals surface area (Å²) in [6.07, 6.45) is 5.13. The van der Waals surface area contributed by atoms with E-state index in [2.05, 4.69) is 36.2 Å². The van der Waals surface area contributed by atoms with Crippen LogP contribution in [0.5, 0.6) is 0 Å². The Kier molecular flexibility index (Phi) is 2.54. The van der Waals surface area contributed by atoms with Crippen molar-refractivity contribution in [3.8, 4) is 0 Å². The number of rotatable bonds is 0. The maximum absolute atomic E-state index is 6.30. The van der Waals surface area contributed by atoms with Crippen LogP contribution in [0.1, 0.15) is 43.9 Å². The van der Waals surface area contributed by atoms with Gasteiger partial charge in [0, 0.05) is 16.4 Å². The molecule has 0 bridgehead atoms. The van der Waals surface area contributed by atoms with E-state index in [4.69, 9.17) is 10.5 Å². The normalized spacial score (nSPS) is 33.5. The Morgan fingerprint density at radius 2 is 1.90 bits per heavy atom. The highest BCUT2D eigenvalue weighted by molar-refractivity contribution is 5.85. The molecule has 3 nitrogen and oxygen atoms in total. The second-order valence-electron chi connectivity index (χ2n) is 6.77. The number of aromatic nitrogens is 1. The third-order valence-electron chi connectivity index (χ3n) is 5.20. The van der Waals surface area contributed by atoms with E-state index in [0.29, 0.717) is 0 Å². The first-order chi connectivity index (χ1) is 9.60. The molecule has 2 aromatic rings. The predicted octanol–water partition coefficient (Wildman–Crippen LogP) is 3.23. The summed E-state index contributed by atoms with van der Waals surface area (Å²) in [4.78, 5) is 3.64. The first-order valence-corrected chi connectivity index (χ1v) is 7.63. The largest absolute Gasteiger partial charge is 0.368 e. The van der Waals surface area contributed by atoms with E-state index in [1.165, 1.54) is 22.2 Å². The van der Waals surface area contributed by atoms with Crippen LogP contribution >= 0.6 is 0 Å². The number of nitrogens with two attached hydrogens (primary N) is 1. The van der Waals surface area contributed by atoms with Crippen molar-refractivity contribution >= 4 is 10.9 Å². The van der Waals surface area contributed by atoms with Crippen molar-refractivity contribution in [2.45, 2.75) is 50.2 Å². The Morgan fingerprint density at radius 3 is 2.70 bits per heavy atom. The van der Waals surface area contributed by atoms with Gasteiger partial charge in [-0.3, -0.25) is 0 Å². The van der Waals surface area contributed by atoms with Crippen LogP contribution in [-0.2, 0) is 16.8 Å². The summed E-state index contributed by atoms with van der Waals surface area (Å²) in [6.45, 7) is 2.99. The van der Waals surface area contributed by atoms with E-state index in [9.17, 15) is 0 Å². The van der Waals surface area contributed by atoms with Gasteiger partial charge in [-0.1, -0.05) is 18.2 Å². The summed E-state index contributed by atoms with van der Waals surface area (Å²) in [5.41, 5.74) is 10.2. The summed E-state index contributed by atoms with van der Waals surface area (Å²) in [6, 6.07) is 8.60. The highest BCUT2D eigenvalue weighted by Gasteiger charge is 2.45. The van der Waals surface area contributed by atoms with E-state index < -0.39 is 0 Å². The maximum atomic E-state index is 6.30. The summed E-state index contributed by atoms with van der Waals surface area (Å²) < 4.78 is 6.27. The number of hydrogen-bond acceptors (Lipinski definition) is 2. The van der Waals surface area contributed by atoms with E-state index >= 15 is 0 Å². The standard InChI is InChI=1S/C17H22N2O/c1-16(18)7-9-17(10-8-16)15-13(6-11-20-17)12-4-2-3-5-14(12)19-15/h2-5,19H,6-11,18H2,1H3/t16-,17-. The Balaban J connectivity index is 1.82. The van der Waals surface area contributed by atoms with Gasteiger partial charge in [0.2, 0.25) is 0 Å². The monoisotopic (exact) mass is 270 g/mol. The molecule has 1 spiro atoms. The van der Waals surface area contributed by atoms with Crippen LogP contribution in [0.15, 0.2) is 24.3 Å². The third kappa shape index (κ3) is 1.73. The second kappa shape index (κ2) is 4.09. The number of para-hydroxylation sites is 1. The zero-order chi connectivity index (χ0) is 13.8. The van der Waals surface area contributed by atoms with Crippen LogP contribution in [0.25, 0.3) is 10.9 Å². The molecule has 1 aliphatic heterocycles. The molecule has 0 atom stereocenters. The predicted molar refractivity (Wildman–Crippen MR) is 80.7 cm³/mol. The fourth-order valence-corrected chi connectivity index (χ4v) is 3.89. The van der Waals surface area contributed by atoms with Gasteiger partial charge in [0.1, 0.15) is 5.60 Å². The molecule has 1 saturated carbocycles. The van der Waals surface area contributed by atoms with Crippen LogP contribution in [-0.4, -0.2) is 17.1 Å². The fraction of sp³-hybridized carbons (Fsp3) is 0.529. The SMILES string of the molecule is C[C@]1(N)CC[C@@]2(CC1)OCCc1c3ccccc3[nH]c12. The Hall–Kier alpha value is -1.32. The van der Waals surface area contributed by atoms with E-state index in [1.807, 2.05) is 0 Å². The minimum absolute atomic E-state index is 0.0295. The average molecular weight is 270 g/mol. The quantitative estimate of drug-likeness (QED) is 0.772. The summed E-state index contributed by atoms with van der Waals surface area (Å²) >= 11 is 0. The second-order valence-corrected chi connectivity index (χ2v) is 6.77. The van der Waals surface area contributed by atoms with E-state index in [1.54, 1.807) is 0 Å². The lowest BCUT2D eigenvalue weighted by atomic mass is 9.72. The molecule has 3 heteroatoms. The van der Waals surface area contributed by atoms with E-state index in [-0.39, 0.29) is 11.1 Å². The topological polar surface area (TPSA) is 51.0 Å². The number of H-pyrrole nitrogens is 1. The number of hydrogen-bond donors (Lipinski definition) is 2. The molecule has 1 aliphatic carbocycles. The summed E-state index contributed by atoms with van der Waals surface area (Å²) in [5, 5.41) is 1.37. The highest BCUT2D eigenvalue weighted by atomic mass is 16.5. The van der Waals surface area contributed by atoms with Crippen LogP contribution in [0.4, 0.5) is 0 Å². The Bertz CT molecular complexity index is 646. The molecule has 4 rings (SSSR count). The molecule has 2 heterocycles. The first kappa shape index (κ1) is 12.4. The molecular formula is C17H22N2O. The van der Waals surface area contributed by atoms with Crippen molar-refractivity contribution in [1.29, 1.82) is 0 Å². The van der Waals surface area contributed by atoms with Crippen molar-refractivity contribution in [3.63, 3.8) is 0 Å². The number of nitrogens with one attached hydrogen (secondary N) is 1. The zero-order valence-electron chi connectivity index (χ0n) is 12.0. The minimum atomic E-state index is -0.120. The van der Waals surface area contributed by atoms with Gasteiger partial charge in [-0.2, -0.15) is 0 Å². The molecule has 0 amide bonds. The first-order valence-electron chi connectivity index (χ1n) is 7.63. The van der Waals surface area contributed by atoms with Crippen molar-refractivity contribution in [3.05, 3.63) is 35.5 Å². The fourth-order valence-electron chi connectivity index (χ4n) is 3.89. The smallest absolute Gasteiger partial charge is 0.108 e. The minimum Gasteiger partial charge on any atom is -0.368 e. The maximum Gasteiger partial charge on any atom is 0.108 e. The Labute approximate surface area is 119 Å². The Morgan fingerprint density at radius 1 is 1.15 bits per heavy atom. The van der Waals surface area contributed by atoms with Gasteiger partial charge in [0.15, 0.2) is 0 Å². The van der Waals surface area contributed by atoms with Gasteiger partial charge in [-0.05, 0) is 50.7 Å². The van der Waals surface area contributed by atoms with Gasteiger partial charge < -0.3 is 15.5 Å². The molecule has 0 saturated heterocycles. The van der Waals surface area contributed by atoms with Gasteiger partial charge in [0.05, 0.1) is 12.3 Å². The number of ether oxygens (including phenoxy) is 1. The molecule has 1 aromatic carbocycles. The average Bonchev–Trinajstić information content (AvgIpc) is 2.83. The van der Waals surface area contributed by atoms with Crippen LogP contribution in [0.2, 0.25) is 0 Å². The molecule has 106 valence electrons. The van der Waals surface area contributed by atoms with Crippen molar-refractivity contribution in [1.82, 2.24) is 4.98 Å². The van der Waals surface area contributed by atoms with Gasteiger partial charge in [-0.15, -0.1) is 0 Å². The molecular weight excluding hydrogens is 248 g/mol. The summed E-state index contributed by atoms with van der Waals surface area (Å²) in [7, 11) is 0. The number of fused-ring (bicyclic) bond motifs is 4. The van der Waals surface area contributed by atoms with Gasteiger partial charge >= 0.3 is 0 Å². The number of benzene rings is 1.